The van der Waals surface area contributed by atoms with E-state index in [1.54, 1.807) is 0 Å². The van der Waals surface area contributed by atoms with E-state index in [4.69, 9.17) is 16.7 Å². The molecule has 1 aliphatic heterocycles. The number of nitrogens with one attached hydrogen (secondary N) is 1. The number of rotatable bonds is 4. The minimum Gasteiger partial charge on any atom is -0.395 e. The molecule has 0 unspecified atom stereocenters. The van der Waals surface area contributed by atoms with Crippen LogP contribution in [0.25, 0.3) is 0 Å². The van der Waals surface area contributed by atoms with Crippen molar-refractivity contribution in [2.24, 2.45) is 0 Å². The predicted octanol–water partition coefficient (Wildman–Crippen LogP) is 2.78. The number of imide groups is 1. The Hall–Kier alpha value is -1.58. The number of hydrogen-bond donors (Lipinski definition) is 2. The van der Waals surface area contributed by atoms with E-state index in [-0.39, 0.29) is 27.4 Å². The van der Waals surface area contributed by atoms with Crippen LogP contribution in [-0.2, 0) is 15.8 Å². The third-order valence-corrected chi connectivity index (χ3v) is 3.93. The molecule has 0 aliphatic carbocycles. The van der Waals surface area contributed by atoms with Crippen LogP contribution in [0.15, 0.2) is 28.4 Å². The zero-order valence-electron chi connectivity index (χ0n) is 11.2. The first-order valence-electron chi connectivity index (χ1n) is 6.16. The van der Waals surface area contributed by atoms with Crippen molar-refractivity contribution in [1.82, 2.24) is 4.90 Å². The number of benzene rings is 1. The summed E-state index contributed by atoms with van der Waals surface area (Å²) in [6.07, 6.45) is -3.68. The molecule has 1 aliphatic rings. The summed E-state index contributed by atoms with van der Waals surface area (Å²) < 4.78 is 38.5. The average molecular weight is 414 g/mol. The van der Waals surface area contributed by atoms with Gasteiger partial charge in [-0.3, -0.25) is 14.5 Å². The lowest BCUT2D eigenvalue weighted by Gasteiger charge is -2.16. The van der Waals surface area contributed by atoms with Gasteiger partial charge in [-0.15, -0.1) is 0 Å². The van der Waals surface area contributed by atoms with Gasteiger partial charge in [0.25, 0.3) is 11.8 Å². The lowest BCUT2D eigenvalue weighted by Crippen LogP contribution is -2.34. The van der Waals surface area contributed by atoms with Crippen LogP contribution in [0.4, 0.5) is 18.9 Å². The first kappa shape index (κ1) is 17.8. The number of anilines is 1. The molecule has 1 aromatic carbocycles. The van der Waals surface area contributed by atoms with Crippen molar-refractivity contribution in [2.45, 2.75) is 6.18 Å². The topological polar surface area (TPSA) is 69.6 Å². The molecule has 23 heavy (non-hydrogen) atoms. The molecular weight excluding hydrogens is 405 g/mol. The van der Waals surface area contributed by atoms with Crippen LogP contribution in [-0.4, -0.2) is 35.0 Å². The van der Waals surface area contributed by atoms with E-state index in [0.29, 0.717) is 0 Å². The SMILES string of the molecule is O=C1C=C(Nc2cc(C(F)(F)F)c(Br)cc2Cl)C(=O)N1CCO. The molecule has 0 saturated carbocycles. The van der Waals surface area contributed by atoms with Gasteiger partial charge < -0.3 is 10.4 Å². The molecule has 5 nitrogen and oxygen atoms in total. The highest BCUT2D eigenvalue weighted by atomic mass is 79.9. The highest BCUT2D eigenvalue weighted by molar-refractivity contribution is 9.10. The molecule has 1 heterocycles. The maximum atomic E-state index is 12.9. The van der Waals surface area contributed by atoms with Crippen LogP contribution in [0.5, 0.6) is 0 Å². The summed E-state index contributed by atoms with van der Waals surface area (Å²) in [6, 6.07) is 1.78. The van der Waals surface area contributed by atoms with Gasteiger partial charge in [0.05, 0.1) is 29.4 Å². The van der Waals surface area contributed by atoms with Crippen LogP contribution in [0, 0.1) is 0 Å². The minimum atomic E-state index is -4.62. The first-order valence-corrected chi connectivity index (χ1v) is 7.34. The molecule has 0 saturated heterocycles. The number of β-amino-alcohol motifs (C(OH)–C–C–N with tert-alkyl or cyclic N) is 1. The van der Waals surface area contributed by atoms with E-state index in [9.17, 15) is 22.8 Å². The molecule has 124 valence electrons. The van der Waals surface area contributed by atoms with E-state index in [2.05, 4.69) is 21.2 Å². The summed E-state index contributed by atoms with van der Waals surface area (Å²) in [5, 5.41) is 11.2. The summed E-state index contributed by atoms with van der Waals surface area (Å²) in [7, 11) is 0. The molecule has 2 amide bonds. The molecule has 0 bridgehead atoms. The third kappa shape index (κ3) is 3.67. The number of alkyl halides is 3. The number of nitrogens with zero attached hydrogens (tertiary/aromatic N) is 1. The van der Waals surface area contributed by atoms with Gasteiger partial charge >= 0.3 is 6.18 Å². The van der Waals surface area contributed by atoms with Crippen molar-refractivity contribution in [2.75, 3.05) is 18.5 Å². The van der Waals surface area contributed by atoms with Crippen molar-refractivity contribution in [3.05, 3.63) is 39.0 Å². The normalized spacial score (nSPS) is 15.2. The first-order chi connectivity index (χ1) is 10.6. The monoisotopic (exact) mass is 412 g/mol. The number of aliphatic hydroxyl groups excluding tert-OH is 1. The quantitative estimate of drug-likeness (QED) is 0.745. The fourth-order valence-corrected chi connectivity index (χ4v) is 2.83. The highest BCUT2D eigenvalue weighted by Gasteiger charge is 2.35. The molecule has 0 atom stereocenters. The van der Waals surface area contributed by atoms with Crippen LogP contribution < -0.4 is 5.32 Å². The summed E-state index contributed by atoms with van der Waals surface area (Å²) in [5.74, 6) is -1.42. The summed E-state index contributed by atoms with van der Waals surface area (Å²) in [6.45, 7) is -0.628. The van der Waals surface area contributed by atoms with E-state index in [1.165, 1.54) is 0 Å². The summed E-state index contributed by atoms with van der Waals surface area (Å²) in [4.78, 5) is 24.3. The molecule has 0 fully saturated rings. The molecule has 0 aromatic heterocycles. The van der Waals surface area contributed by atoms with Gasteiger partial charge in [0.15, 0.2) is 0 Å². The zero-order valence-corrected chi connectivity index (χ0v) is 13.6. The summed E-state index contributed by atoms with van der Waals surface area (Å²) >= 11 is 8.65. The second kappa shape index (κ2) is 6.50. The van der Waals surface area contributed by atoms with E-state index in [1.807, 2.05) is 0 Å². The summed E-state index contributed by atoms with van der Waals surface area (Å²) in [5.41, 5.74) is -1.37. The van der Waals surface area contributed by atoms with E-state index < -0.39 is 30.2 Å². The van der Waals surface area contributed by atoms with Crippen LogP contribution in [0.2, 0.25) is 5.02 Å². The van der Waals surface area contributed by atoms with Crippen molar-refractivity contribution in [1.29, 1.82) is 0 Å². The largest absolute Gasteiger partial charge is 0.417 e. The van der Waals surface area contributed by atoms with Crippen molar-refractivity contribution >= 4 is 45.0 Å². The van der Waals surface area contributed by atoms with Gasteiger partial charge in [0.1, 0.15) is 5.70 Å². The van der Waals surface area contributed by atoms with Gasteiger partial charge in [-0.2, -0.15) is 13.2 Å². The molecule has 1 aromatic rings. The Morgan fingerprint density at radius 1 is 1.30 bits per heavy atom. The van der Waals surface area contributed by atoms with Crippen LogP contribution in [0.1, 0.15) is 5.56 Å². The van der Waals surface area contributed by atoms with Gasteiger partial charge in [-0.05, 0) is 12.1 Å². The number of carbonyl (C=O) groups excluding carboxylic acids is 2. The fourth-order valence-electron chi connectivity index (χ4n) is 1.92. The Morgan fingerprint density at radius 3 is 2.52 bits per heavy atom. The Kier molecular flexibility index (Phi) is 5.02. The molecule has 0 radical (unpaired) electrons. The smallest absolute Gasteiger partial charge is 0.395 e. The van der Waals surface area contributed by atoms with Gasteiger partial charge in [-0.25, -0.2) is 0 Å². The average Bonchev–Trinajstić information content (AvgIpc) is 2.68. The number of halogens is 5. The molecule has 0 spiro atoms. The molecular formula is C13H9BrClF3N2O3. The van der Waals surface area contributed by atoms with Gasteiger partial charge in [0, 0.05) is 10.5 Å². The number of aliphatic hydroxyl groups is 1. The van der Waals surface area contributed by atoms with E-state index >= 15 is 0 Å². The highest BCUT2D eigenvalue weighted by Crippen LogP contribution is 2.39. The molecule has 2 N–H and O–H groups in total. The van der Waals surface area contributed by atoms with Crippen molar-refractivity contribution in [3.8, 4) is 0 Å². The third-order valence-electron chi connectivity index (χ3n) is 2.96. The fraction of sp³-hybridized carbons (Fsp3) is 0.231. The zero-order chi connectivity index (χ0) is 17.4. The number of carbonyl (C=O) groups is 2. The standard InChI is InChI=1S/C13H9BrClF3N2O3/c14-7-4-8(15)9(3-6(7)13(16,17)18)19-10-5-11(22)20(1-2-21)12(10)23/h3-5,19,21H,1-2H2. The second-order valence-electron chi connectivity index (χ2n) is 4.51. The predicted molar refractivity (Wildman–Crippen MR) is 79.7 cm³/mol. The maximum absolute atomic E-state index is 12.9. The van der Waals surface area contributed by atoms with Crippen molar-refractivity contribution in [3.63, 3.8) is 0 Å². The maximum Gasteiger partial charge on any atom is 0.417 e. The van der Waals surface area contributed by atoms with Crippen molar-refractivity contribution < 1.29 is 27.9 Å². The molecule has 10 heteroatoms. The number of amides is 2. The number of hydrogen-bond acceptors (Lipinski definition) is 4. The lowest BCUT2D eigenvalue weighted by atomic mass is 10.2. The lowest BCUT2D eigenvalue weighted by molar-refractivity contribution is -0.138. The van der Waals surface area contributed by atoms with Gasteiger partial charge in [-0.1, -0.05) is 27.5 Å². The minimum absolute atomic E-state index is 0.0633. The second-order valence-corrected chi connectivity index (χ2v) is 5.77. The van der Waals surface area contributed by atoms with Crippen LogP contribution in [0.3, 0.4) is 0 Å². The van der Waals surface area contributed by atoms with E-state index in [0.717, 1.165) is 23.1 Å². The van der Waals surface area contributed by atoms with Crippen LogP contribution >= 0.6 is 27.5 Å². The van der Waals surface area contributed by atoms with Gasteiger partial charge in [0.2, 0.25) is 0 Å². The Balaban J connectivity index is 2.33. The Morgan fingerprint density at radius 2 is 1.96 bits per heavy atom. The Bertz CT molecular complexity index is 706. The molecule has 2 rings (SSSR count). The Labute approximate surface area is 141 Å².